The summed E-state index contributed by atoms with van der Waals surface area (Å²) in [4.78, 5) is 21.6. The Bertz CT molecular complexity index is 960. The van der Waals surface area contributed by atoms with Crippen LogP contribution in [0.5, 0.6) is 0 Å². The maximum atomic E-state index is 13.7. The van der Waals surface area contributed by atoms with Crippen LogP contribution in [-0.2, 0) is 13.1 Å². The van der Waals surface area contributed by atoms with Crippen molar-refractivity contribution in [2.75, 3.05) is 6.54 Å². The summed E-state index contributed by atoms with van der Waals surface area (Å²) in [6.07, 6.45) is 1.87. The van der Waals surface area contributed by atoms with E-state index in [0.29, 0.717) is 24.5 Å². The van der Waals surface area contributed by atoms with Crippen LogP contribution in [0.25, 0.3) is 11.0 Å². The lowest BCUT2D eigenvalue weighted by Crippen LogP contribution is -2.32. The van der Waals surface area contributed by atoms with Gasteiger partial charge >= 0.3 is 0 Å². The monoisotopic (exact) mass is 401 g/mol. The van der Waals surface area contributed by atoms with Gasteiger partial charge in [-0.15, -0.1) is 11.3 Å². The van der Waals surface area contributed by atoms with Crippen LogP contribution in [-0.4, -0.2) is 26.9 Å². The molecule has 0 aliphatic heterocycles. The smallest absolute Gasteiger partial charge is 0.264 e. The van der Waals surface area contributed by atoms with Crippen LogP contribution in [0.15, 0.2) is 30.3 Å². The van der Waals surface area contributed by atoms with E-state index in [9.17, 15) is 9.18 Å². The van der Waals surface area contributed by atoms with Gasteiger partial charge < -0.3 is 9.47 Å². The second-order valence-electron chi connectivity index (χ2n) is 7.63. The largest absolute Gasteiger partial charge is 0.330 e. The summed E-state index contributed by atoms with van der Waals surface area (Å²) in [5, 5.41) is 0. The molecule has 28 heavy (non-hydrogen) atoms. The molecule has 0 atom stereocenters. The molecule has 0 N–H and O–H groups in total. The van der Waals surface area contributed by atoms with E-state index < -0.39 is 0 Å². The number of hydrogen-bond donors (Lipinski definition) is 0. The Kier molecular flexibility index (Phi) is 6.50. The third-order valence-corrected chi connectivity index (χ3v) is 5.77. The fraction of sp³-hybridized carbons (Fsp3) is 0.455. The lowest BCUT2D eigenvalue weighted by atomic mass is 10.1. The van der Waals surface area contributed by atoms with E-state index in [4.69, 9.17) is 0 Å². The number of imidazole rings is 1. The van der Waals surface area contributed by atoms with Crippen molar-refractivity contribution in [3.63, 3.8) is 0 Å². The molecular formula is C22H28FN3OS. The summed E-state index contributed by atoms with van der Waals surface area (Å²) in [7, 11) is 0. The van der Waals surface area contributed by atoms with E-state index in [1.165, 1.54) is 23.5 Å². The van der Waals surface area contributed by atoms with Crippen molar-refractivity contribution in [1.29, 1.82) is 0 Å². The van der Waals surface area contributed by atoms with Gasteiger partial charge in [-0.1, -0.05) is 20.8 Å². The first-order valence-corrected chi connectivity index (χ1v) is 10.7. The third-order valence-electron chi connectivity index (χ3n) is 4.78. The summed E-state index contributed by atoms with van der Waals surface area (Å²) in [6, 6.07) is 8.59. The van der Waals surface area contributed by atoms with E-state index in [0.717, 1.165) is 40.5 Å². The highest BCUT2D eigenvalue weighted by atomic mass is 32.1. The Morgan fingerprint density at radius 1 is 1.29 bits per heavy atom. The maximum Gasteiger partial charge on any atom is 0.264 e. The molecule has 0 aliphatic carbocycles. The number of carbonyl (C=O) groups excluding carboxylic acids is 1. The van der Waals surface area contributed by atoms with Crippen LogP contribution in [0.2, 0.25) is 0 Å². The molecule has 3 rings (SSSR count). The minimum atomic E-state index is -0.290. The second-order valence-corrected chi connectivity index (χ2v) is 8.92. The van der Waals surface area contributed by atoms with Crippen LogP contribution >= 0.6 is 11.3 Å². The average Bonchev–Trinajstić information content (AvgIpc) is 3.22. The van der Waals surface area contributed by atoms with Gasteiger partial charge in [-0.3, -0.25) is 4.79 Å². The molecule has 0 spiro atoms. The van der Waals surface area contributed by atoms with Crippen LogP contribution in [0, 0.1) is 18.7 Å². The first-order valence-electron chi connectivity index (χ1n) is 9.89. The Labute approximate surface area is 170 Å². The van der Waals surface area contributed by atoms with Gasteiger partial charge in [0.25, 0.3) is 5.91 Å². The standard InChI is InChI=1S/C22H28FN3OS/c1-5-11-26-19-8-7-17(23)13-18(19)24-21(26)14-25(12-10-15(2)3)22(27)20-9-6-16(4)28-20/h6-9,13,15H,5,10-12,14H2,1-4H3. The molecule has 2 heterocycles. The lowest BCUT2D eigenvalue weighted by molar-refractivity contribution is 0.0734. The van der Waals surface area contributed by atoms with Gasteiger partial charge in [-0.05, 0) is 49.9 Å². The molecule has 4 nitrogen and oxygen atoms in total. The van der Waals surface area contributed by atoms with E-state index in [1.54, 1.807) is 6.07 Å². The number of rotatable bonds is 8. The number of hydrogen-bond acceptors (Lipinski definition) is 3. The van der Waals surface area contributed by atoms with Crippen molar-refractivity contribution < 1.29 is 9.18 Å². The van der Waals surface area contributed by atoms with Crippen LogP contribution in [0.4, 0.5) is 4.39 Å². The molecule has 0 unspecified atom stereocenters. The first kappa shape index (κ1) is 20.5. The first-order chi connectivity index (χ1) is 13.4. The molecule has 6 heteroatoms. The number of thiophene rings is 1. The molecule has 0 saturated heterocycles. The summed E-state index contributed by atoms with van der Waals surface area (Å²) in [6.45, 7) is 10.3. The number of fused-ring (bicyclic) bond motifs is 1. The molecule has 0 bridgehead atoms. The van der Waals surface area contributed by atoms with E-state index in [2.05, 4.69) is 30.3 Å². The minimum absolute atomic E-state index is 0.0417. The zero-order chi connectivity index (χ0) is 20.3. The van der Waals surface area contributed by atoms with Gasteiger partial charge in [0, 0.05) is 24.0 Å². The molecular weight excluding hydrogens is 373 g/mol. The third kappa shape index (κ3) is 4.61. The van der Waals surface area contributed by atoms with Gasteiger partial charge in [0.2, 0.25) is 0 Å². The Hall–Kier alpha value is -2.21. The highest BCUT2D eigenvalue weighted by Crippen LogP contribution is 2.22. The molecule has 1 aromatic carbocycles. The van der Waals surface area contributed by atoms with Gasteiger partial charge in [-0.2, -0.15) is 0 Å². The molecule has 0 fully saturated rings. The number of amides is 1. The number of benzene rings is 1. The Morgan fingerprint density at radius 2 is 2.07 bits per heavy atom. The Morgan fingerprint density at radius 3 is 2.71 bits per heavy atom. The van der Waals surface area contributed by atoms with Crippen molar-refractivity contribution in [1.82, 2.24) is 14.5 Å². The van der Waals surface area contributed by atoms with Crippen molar-refractivity contribution >= 4 is 28.3 Å². The minimum Gasteiger partial charge on any atom is -0.330 e. The second kappa shape index (κ2) is 8.86. The summed E-state index contributed by atoms with van der Waals surface area (Å²) < 4.78 is 15.8. The molecule has 0 saturated carbocycles. The molecule has 0 aliphatic rings. The van der Waals surface area contributed by atoms with Crippen LogP contribution in [0.1, 0.15) is 54.0 Å². The normalized spacial score (nSPS) is 11.5. The maximum absolute atomic E-state index is 13.7. The quantitative estimate of drug-likeness (QED) is 0.490. The average molecular weight is 402 g/mol. The zero-order valence-corrected chi connectivity index (χ0v) is 17.9. The van der Waals surface area contributed by atoms with Crippen molar-refractivity contribution in [3.8, 4) is 0 Å². The van der Waals surface area contributed by atoms with Crippen molar-refractivity contribution in [2.24, 2.45) is 5.92 Å². The predicted molar refractivity (Wildman–Crippen MR) is 113 cm³/mol. The highest BCUT2D eigenvalue weighted by Gasteiger charge is 2.21. The van der Waals surface area contributed by atoms with Gasteiger partial charge in [0.1, 0.15) is 11.6 Å². The van der Waals surface area contributed by atoms with Gasteiger partial charge in [0.15, 0.2) is 0 Å². The number of aryl methyl sites for hydroxylation is 2. The molecule has 2 aromatic heterocycles. The fourth-order valence-corrected chi connectivity index (χ4v) is 4.12. The molecule has 150 valence electrons. The lowest BCUT2D eigenvalue weighted by Gasteiger charge is -2.23. The predicted octanol–water partition coefficient (Wildman–Crippen LogP) is 5.64. The van der Waals surface area contributed by atoms with Crippen molar-refractivity contribution in [3.05, 3.63) is 51.7 Å². The van der Waals surface area contributed by atoms with E-state index in [-0.39, 0.29) is 11.7 Å². The van der Waals surface area contributed by atoms with E-state index >= 15 is 0 Å². The molecule has 0 radical (unpaired) electrons. The Balaban J connectivity index is 1.95. The highest BCUT2D eigenvalue weighted by molar-refractivity contribution is 7.13. The number of aromatic nitrogens is 2. The zero-order valence-electron chi connectivity index (χ0n) is 17.0. The fourth-order valence-electron chi connectivity index (χ4n) is 3.29. The topological polar surface area (TPSA) is 38.1 Å². The molecule has 1 amide bonds. The summed E-state index contributed by atoms with van der Waals surface area (Å²) in [5.74, 6) is 1.07. The number of carbonyl (C=O) groups is 1. The summed E-state index contributed by atoms with van der Waals surface area (Å²) in [5.41, 5.74) is 1.56. The van der Waals surface area contributed by atoms with E-state index in [1.807, 2.05) is 24.0 Å². The number of nitrogens with zero attached hydrogens (tertiary/aromatic N) is 3. The van der Waals surface area contributed by atoms with Crippen molar-refractivity contribution in [2.45, 2.75) is 53.6 Å². The van der Waals surface area contributed by atoms with Gasteiger partial charge in [-0.25, -0.2) is 9.37 Å². The summed E-state index contributed by atoms with van der Waals surface area (Å²) >= 11 is 1.52. The number of halogens is 1. The van der Waals surface area contributed by atoms with Gasteiger partial charge in [0.05, 0.1) is 22.5 Å². The van der Waals surface area contributed by atoms with Crippen LogP contribution < -0.4 is 0 Å². The SMILES string of the molecule is CCCn1c(CN(CCC(C)C)C(=O)c2ccc(C)s2)nc2cc(F)ccc21. The molecule has 3 aromatic rings. The van der Waals surface area contributed by atoms with Crippen LogP contribution in [0.3, 0.4) is 0 Å².